The lowest BCUT2D eigenvalue weighted by molar-refractivity contribution is -0.178. The second-order valence-corrected chi connectivity index (χ2v) is 17.4. The topological polar surface area (TPSA) is 173 Å². The molecule has 2 heterocycles. The second-order valence-electron chi connectivity index (χ2n) is 15.9. The summed E-state index contributed by atoms with van der Waals surface area (Å²) in [7, 11) is 1.28. The molecular weight excluding hydrogens is 803 g/mol. The zero-order chi connectivity index (χ0) is 44.3. The Morgan fingerprint density at radius 3 is 1.95 bits per heavy atom. The van der Waals surface area contributed by atoms with Crippen molar-refractivity contribution in [1.29, 1.82) is 5.26 Å². The Bertz CT molecular complexity index is 2110. The van der Waals surface area contributed by atoms with Gasteiger partial charge < -0.3 is 37.5 Å². The van der Waals surface area contributed by atoms with Crippen molar-refractivity contribution in [3.63, 3.8) is 0 Å². The number of H-pyrrole nitrogens is 1. The van der Waals surface area contributed by atoms with Crippen molar-refractivity contribution in [2.24, 2.45) is 5.41 Å². The fourth-order valence-corrected chi connectivity index (χ4v) is 8.83. The van der Waals surface area contributed by atoms with Gasteiger partial charge in [0.1, 0.15) is 35.4 Å². The number of aromatic nitrogens is 2. The van der Waals surface area contributed by atoms with E-state index in [1.807, 2.05) is 107 Å². The van der Waals surface area contributed by atoms with Crippen molar-refractivity contribution in [3.8, 4) is 17.6 Å². The van der Waals surface area contributed by atoms with E-state index in [1.54, 1.807) is 35.0 Å². The zero-order valence-corrected chi connectivity index (χ0v) is 37.1. The maximum atomic E-state index is 13.5. The Kier molecular flexibility index (Phi) is 16.4. The summed E-state index contributed by atoms with van der Waals surface area (Å²) in [5.74, 6) is 0.791. The Hall–Kier alpha value is -4.91. The van der Waals surface area contributed by atoms with Gasteiger partial charge in [-0.25, -0.2) is 9.46 Å². The predicted octanol–water partition coefficient (Wildman–Crippen LogP) is 7.05. The molecule has 15 nitrogen and oxygen atoms in total. The van der Waals surface area contributed by atoms with Gasteiger partial charge in [-0.05, 0) is 89.4 Å². The summed E-state index contributed by atoms with van der Waals surface area (Å²) < 4.78 is 53.7. The smallest absolute Gasteiger partial charge is 0.330 e. The number of rotatable bonds is 20. The Morgan fingerprint density at radius 1 is 0.869 bits per heavy atom. The van der Waals surface area contributed by atoms with Gasteiger partial charge in [0.15, 0.2) is 13.0 Å². The molecule has 0 radical (unpaired) electrons. The van der Waals surface area contributed by atoms with Gasteiger partial charge in [0.25, 0.3) is 14.1 Å². The number of nitrogens with zero attached hydrogens (tertiary/aromatic N) is 3. The van der Waals surface area contributed by atoms with Crippen LogP contribution in [0.2, 0.25) is 0 Å². The van der Waals surface area contributed by atoms with E-state index >= 15 is 0 Å². The number of hydrogen-bond acceptors (Lipinski definition) is 13. The number of nitriles is 1. The van der Waals surface area contributed by atoms with Crippen molar-refractivity contribution < 1.29 is 42.3 Å². The quantitative estimate of drug-likeness (QED) is 0.0315. The van der Waals surface area contributed by atoms with Crippen LogP contribution in [0.15, 0.2) is 101 Å². The van der Waals surface area contributed by atoms with Crippen LogP contribution in [-0.2, 0) is 38.4 Å². The number of carbonyl (C=O) groups is 1. The average Bonchev–Trinajstić information content (AvgIpc) is 3.56. The number of hydrogen-bond donors (Lipinski definition) is 1. The summed E-state index contributed by atoms with van der Waals surface area (Å²) in [6.07, 6.45) is -2.96. The van der Waals surface area contributed by atoms with Crippen LogP contribution in [0.1, 0.15) is 77.8 Å². The van der Waals surface area contributed by atoms with E-state index in [4.69, 9.17) is 37.5 Å². The lowest BCUT2D eigenvalue weighted by Gasteiger charge is -2.39. The van der Waals surface area contributed by atoms with E-state index in [0.29, 0.717) is 11.5 Å². The van der Waals surface area contributed by atoms with Gasteiger partial charge in [-0.3, -0.25) is 19.1 Å². The number of ether oxygens (including phenoxy) is 6. The molecule has 1 aliphatic rings. The van der Waals surface area contributed by atoms with Crippen LogP contribution in [0.3, 0.4) is 0 Å². The normalized spacial score (nSPS) is 18.6. The maximum Gasteiger partial charge on any atom is 0.330 e. The van der Waals surface area contributed by atoms with Gasteiger partial charge in [-0.1, -0.05) is 54.6 Å². The first kappa shape index (κ1) is 47.1. The van der Waals surface area contributed by atoms with Crippen molar-refractivity contribution in [3.05, 3.63) is 129 Å². The molecule has 4 aromatic rings. The molecule has 328 valence electrons. The molecule has 1 fully saturated rings. The van der Waals surface area contributed by atoms with Crippen LogP contribution in [0.4, 0.5) is 0 Å². The Balaban J connectivity index is 1.68. The number of benzene rings is 3. The largest absolute Gasteiger partial charge is 0.497 e. The number of carbonyl (C=O) groups excluding carboxylic acids is 1. The molecule has 0 saturated carbocycles. The first-order valence-corrected chi connectivity index (χ1v) is 21.3. The fraction of sp³-hybridized carbons (Fsp3) is 0.467. The zero-order valence-electron chi connectivity index (χ0n) is 36.2. The van der Waals surface area contributed by atoms with Gasteiger partial charge in [-0.15, -0.1) is 0 Å². The Morgan fingerprint density at radius 2 is 1.44 bits per heavy atom. The summed E-state index contributed by atoms with van der Waals surface area (Å²) in [6, 6.07) is 28.1. The van der Waals surface area contributed by atoms with Gasteiger partial charge in [0, 0.05) is 24.3 Å². The molecule has 0 bridgehead atoms. The molecule has 1 unspecified atom stereocenters. The van der Waals surface area contributed by atoms with Crippen LogP contribution in [0, 0.1) is 16.7 Å². The van der Waals surface area contributed by atoms with Crippen LogP contribution >= 0.6 is 8.53 Å². The molecule has 61 heavy (non-hydrogen) atoms. The van der Waals surface area contributed by atoms with E-state index < -0.39 is 68.1 Å². The summed E-state index contributed by atoms with van der Waals surface area (Å²) in [5, 5.41) is 9.45. The summed E-state index contributed by atoms with van der Waals surface area (Å²) >= 11 is 0. The van der Waals surface area contributed by atoms with E-state index in [-0.39, 0.29) is 31.7 Å². The minimum absolute atomic E-state index is 0.0641. The molecule has 1 aromatic heterocycles. The molecule has 5 rings (SSSR count). The van der Waals surface area contributed by atoms with E-state index in [1.165, 1.54) is 16.8 Å². The molecule has 3 aromatic carbocycles. The molecule has 0 amide bonds. The van der Waals surface area contributed by atoms with Gasteiger partial charge in [-0.2, -0.15) is 5.26 Å². The molecule has 16 heteroatoms. The van der Waals surface area contributed by atoms with Crippen molar-refractivity contribution >= 4 is 14.5 Å². The third kappa shape index (κ3) is 11.3. The fourth-order valence-electron chi connectivity index (χ4n) is 7.06. The van der Waals surface area contributed by atoms with Crippen LogP contribution in [0.5, 0.6) is 11.5 Å². The molecular formula is C45H57N4O11P. The van der Waals surface area contributed by atoms with E-state index in [9.17, 15) is 19.6 Å². The highest BCUT2D eigenvalue weighted by Gasteiger charge is 2.52. The first-order chi connectivity index (χ1) is 29.1. The Labute approximate surface area is 358 Å². The lowest BCUT2D eigenvalue weighted by Crippen LogP contribution is -2.44. The third-order valence-corrected chi connectivity index (χ3v) is 12.1. The number of nitrogens with one attached hydrogen (secondary N) is 1. The van der Waals surface area contributed by atoms with Crippen LogP contribution in [0.25, 0.3) is 0 Å². The molecule has 1 saturated heterocycles. The minimum atomic E-state index is -1.92. The lowest BCUT2D eigenvalue weighted by atomic mass is 9.80. The molecule has 1 N–H and O–H groups in total. The number of aromatic amines is 1. The average molecular weight is 861 g/mol. The van der Waals surface area contributed by atoms with E-state index in [0.717, 1.165) is 16.7 Å². The van der Waals surface area contributed by atoms with Crippen LogP contribution in [-0.4, -0.2) is 84.8 Å². The van der Waals surface area contributed by atoms with Crippen molar-refractivity contribution in [2.45, 2.75) is 97.1 Å². The highest BCUT2D eigenvalue weighted by Crippen LogP contribution is 2.51. The van der Waals surface area contributed by atoms with Crippen LogP contribution < -0.4 is 20.7 Å². The van der Waals surface area contributed by atoms with Crippen molar-refractivity contribution in [1.82, 2.24) is 14.2 Å². The monoisotopic (exact) mass is 860 g/mol. The first-order valence-electron chi connectivity index (χ1n) is 20.1. The summed E-state index contributed by atoms with van der Waals surface area (Å²) in [4.78, 5) is 41.0. The van der Waals surface area contributed by atoms with E-state index in [2.05, 4.69) is 15.7 Å². The number of esters is 1. The van der Waals surface area contributed by atoms with Crippen molar-refractivity contribution in [2.75, 3.05) is 34.2 Å². The molecule has 0 spiro atoms. The minimum Gasteiger partial charge on any atom is -0.497 e. The third-order valence-electron chi connectivity index (χ3n) is 9.99. The second kappa shape index (κ2) is 21.3. The molecule has 0 aliphatic carbocycles. The predicted molar refractivity (Wildman–Crippen MR) is 229 cm³/mol. The molecule has 1 aliphatic heterocycles. The van der Waals surface area contributed by atoms with Gasteiger partial charge >= 0.3 is 11.7 Å². The van der Waals surface area contributed by atoms with Gasteiger partial charge in [0.05, 0.1) is 45.3 Å². The summed E-state index contributed by atoms with van der Waals surface area (Å²) in [6.45, 7) is 12.6. The summed E-state index contributed by atoms with van der Waals surface area (Å²) in [5.41, 5.74) is -1.13. The SMILES string of the molecule is COc1ccc(C(OC[C@H]2O[C@@H](n3ccc(=O)[nH]c3=O)[C@H](OCOC(=O)C(C)(C)C)[C@@H]2OP(OCCC#N)N(C(C)C)C(C)C)(c2ccccc2)c2ccc(OC)cc2)cc1. The standard InChI is InChI=1S/C45H57N4O11P/c1-30(2)49(31(3)4)61(58-27-13-25-46)60-39-37(59-41(48-26-24-38(50)47-43(48)52)40(39)55-29-56-42(51)44(5,6)7)28-57-45(32-14-11-10-12-15-32,33-16-20-35(53-8)21-17-33)34-18-22-36(54-9)23-19-34/h10-12,14-24,26,30-31,37,39-41H,13,27-29H2,1-9H3,(H,47,50,52)/t37-,39-,40-,41-,61?/m1/s1. The highest BCUT2D eigenvalue weighted by atomic mass is 31.2. The highest BCUT2D eigenvalue weighted by molar-refractivity contribution is 7.44. The number of methoxy groups -OCH3 is 2. The molecule has 5 atom stereocenters. The van der Waals surface area contributed by atoms with Gasteiger partial charge in [0.2, 0.25) is 0 Å². The maximum absolute atomic E-state index is 13.5.